The number of hydrogen-bond donors (Lipinski definition) is 1. The fourth-order valence-corrected chi connectivity index (χ4v) is 3.27. The van der Waals surface area contributed by atoms with Crippen LogP contribution in [0.3, 0.4) is 0 Å². The van der Waals surface area contributed by atoms with Crippen molar-refractivity contribution in [1.29, 1.82) is 0 Å². The fraction of sp³-hybridized carbons (Fsp3) is 0.700. The lowest BCUT2D eigenvalue weighted by atomic mass is 9.95. The topological polar surface area (TPSA) is 21.3 Å². The Morgan fingerprint density at radius 3 is 2.50 bits per heavy atom. The van der Waals surface area contributed by atoms with E-state index in [-0.39, 0.29) is 6.10 Å². The van der Waals surface area contributed by atoms with Gasteiger partial charge in [0, 0.05) is 12.6 Å². The van der Waals surface area contributed by atoms with Crippen molar-refractivity contribution in [3.8, 4) is 5.75 Å². The third-order valence-electron chi connectivity index (χ3n) is 5.05. The maximum Gasteiger partial charge on any atom is 0.123 e. The molecule has 1 fully saturated rings. The van der Waals surface area contributed by atoms with Crippen LogP contribution >= 0.6 is 0 Å². The van der Waals surface area contributed by atoms with Crippen molar-refractivity contribution < 1.29 is 4.74 Å². The zero-order valence-electron chi connectivity index (χ0n) is 14.6. The molecule has 2 heteroatoms. The number of ether oxygens (including phenoxy) is 1. The molecule has 124 valence electrons. The molecule has 1 aliphatic rings. The highest BCUT2D eigenvalue weighted by Gasteiger charge is 2.17. The summed E-state index contributed by atoms with van der Waals surface area (Å²) in [5.41, 5.74) is 1.35. The van der Waals surface area contributed by atoms with Crippen LogP contribution in [0, 0.1) is 0 Å². The van der Waals surface area contributed by atoms with Gasteiger partial charge in [-0.15, -0.1) is 0 Å². The number of nitrogens with one attached hydrogen (secondary N) is 1. The van der Waals surface area contributed by atoms with E-state index in [0.29, 0.717) is 12.0 Å². The van der Waals surface area contributed by atoms with Gasteiger partial charge in [-0.2, -0.15) is 0 Å². The first-order valence-corrected chi connectivity index (χ1v) is 9.23. The van der Waals surface area contributed by atoms with Gasteiger partial charge in [0.1, 0.15) is 11.9 Å². The van der Waals surface area contributed by atoms with Gasteiger partial charge in [0.2, 0.25) is 0 Å². The van der Waals surface area contributed by atoms with Crippen LogP contribution in [0.2, 0.25) is 0 Å². The first-order chi connectivity index (χ1) is 10.7. The van der Waals surface area contributed by atoms with E-state index in [4.69, 9.17) is 4.74 Å². The summed E-state index contributed by atoms with van der Waals surface area (Å²) in [6.45, 7) is 7.71. The summed E-state index contributed by atoms with van der Waals surface area (Å²) >= 11 is 0. The van der Waals surface area contributed by atoms with Gasteiger partial charge in [0.05, 0.1) is 0 Å². The molecule has 1 aliphatic carbocycles. The summed E-state index contributed by atoms with van der Waals surface area (Å²) < 4.78 is 6.35. The first-order valence-electron chi connectivity index (χ1n) is 9.23. The largest absolute Gasteiger partial charge is 0.489 e. The molecule has 0 saturated heterocycles. The van der Waals surface area contributed by atoms with Gasteiger partial charge < -0.3 is 10.1 Å². The highest BCUT2D eigenvalue weighted by molar-refractivity contribution is 5.36. The van der Waals surface area contributed by atoms with E-state index in [1.807, 2.05) is 0 Å². The van der Waals surface area contributed by atoms with Crippen LogP contribution in [0.4, 0.5) is 0 Å². The maximum absolute atomic E-state index is 6.35. The van der Waals surface area contributed by atoms with Crippen molar-refractivity contribution in [2.75, 3.05) is 6.54 Å². The Balaban J connectivity index is 1.92. The predicted molar refractivity (Wildman–Crippen MR) is 94.7 cm³/mol. The molecule has 1 saturated carbocycles. The number of hydrogen-bond acceptors (Lipinski definition) is 2. The Hall–Kier alpha value is -1.02. The minimum Gasteiger partial charge on any atom is -0.489 e. The van der Waals surface area contributed by atoms with E-state index < -0.39 is 0 Å². The molecule has 0 radical (unpaired) electrons. The van der Waals surface area contributed by atoms with Crippen LogP contribution in [0.25, 0.3) is 0 Å². The van der Waals surface area contributed by atoms with Gasteiger partial charge in [-0.05, 0) is 43.2 Å². The van der Waals surface area contributed by atoms with Crippen molar-refractivity contribution in [2.45, 2.75) is 83.8 Å². The van der Waals surface area contributed by atoms with Crippen molar-refractivity contribution >= 4 is 0 Å². The molecule has 0 heterocycles. The molecule has 0 aromatic heterocycles. The van der Waals surface area contributed by atoms with Crippen LogP contribution < -0.4 is 10.1 Å². The van der Waals surface area contributed by atoms with Crippen molar-refractivity contribution in [3.05, 3.63) is 29.8 Å². The van der Waals surface area contributed by atoms with Crippen molar-refractivity contribution in [1.82, 2.24) is 5.32 Å². The van der Waals surface area contributed by atoms with E-state index in [2.05, 4.69) is 50.4 Å². The smallest absolute Gasteiger partial charge is 0.123 e. The molecule has 2 atom stereocenters. The second-order valence-corrected chi connectivity index (χ2v) is 6.74. The van der Waals surface area contributed by atoms with E-state index in [1.165, 1.54) is 37.7 Å². The van der Waals surface area contributed by atoms with Crippen LogP contribution in [0.5, 0.6) is 5.75 Å². The second-order valence-electron chi connectivity index (χ2n) is 6.74. The lowest BCUT2D eigenvalue weighted by Gasteiger charge is -2.27. The van der Waals surface area contributed by atoms with Gasteiger partial charge in [-0.25, -0.2) is 0 Å². The van der Waals surface area contributed by atoms with Crippen molar-refractivity contribution in [2.24, 2.45) is 0 Å². The summed E-state index contributed by atoms with van der Waals surface area (Å²) in [6, 6.07) is 9.25. The van der Waals surface area contributed by atoms with Crippen molar-refractivity contribution in [3.63, 3.8) is 0 Å². The monoisotopic (exact) mass is 303 g/mol. The molecule has 0 bridgehead atoms. The van der Waals surface area contributed by atoms with Crippen LogP contribution in [0.15, 0.2) is 24.3 Å². The van der Waals surface area contributed by atoms with Gasteiger partial charge in [-0.3, -0.25) is 0 Å². The zero-order chi connectivity index (χ0) is 15.8. The molecule has 1 N–H and O–H groups in total. The molecule has 22 heavy (non-hydrogen) atoms. The molecule has 1 aromatic carbocycles. The highest BCUT2D eigenvalue weighted by Crippen LogP contribution is 2.29. The molecular formula is C20H33NO. The third-order valence-corrected chi connectivity index (χ3v) is 5.05. The van der Waals surface area contributed by atoms with Crippen LogP contribution in [-0.4, -0.2) is 18.7 Å². The number of benzene rings is 1. The Morgan fingerprint density at radius 2 is 1.82 bits per heavy atom. The average Bonchev–Trinajstić information content (AvgIpc) is 2.59. The van der Waals surface area contributed by atoms with Gasteiger partial charge >= 0.3 is 0 Å². The van der Waals surface area contributed by atoms with E-state index in [1.54, 1.807) is 0 Å². The van der Waals surface area contributed by atoms with E-state index >= 15 is 0 Å². The normalized spacial score (nSPS) is 18.9. The third kappa shape index (κ3) is 5.01. The fourth-order valence-electron chi connectivity index (χ4n) is 3.27. The lowest BCUT2D eigenvalue weighted by Crippen LogP contribution is -2.38. The molecule has 2 nitrogen and oxygen atoms in total. The van der Waals surface area contributed by atoms with Crippen LogP contribution in [0.1, 0.15) is 77.2 Å². The Kier molecular flexibility index (Phi) is 7.24. The SMILES string of the molecule is CC[C@H](CNC1CCCCC1)Oc1ccccc1[C@H](C)CC. The predicted octanol–water partition coefficient (Wildman–Crippen LogP) is 5.28. The summed E-state index contributed by atoms with van der Waals surface area (Å²) in [5, 5.41) is 3.73. The minimum atomic E-state index is 0.270. The molecule has 0 unspecified atom stereocenters. The standard InChI is InChI=1S/C20H33NO/c1-4-16(3)19-13-9-10-14-20(19)22-18(5-2)15-21-17-11-7-6-8-12-17/h9-10,13-14,16-18,21H,4-8,11-12,15H2,1-3H3/t16-,18-/m1/s1. The number of para-hydroxylation sites is 1. The highest BCUT2D eigenvalue weighted by atomic mass is 16.5. The van der Waals surface area contributed by atoms with Gasteiger partial charge in [-0.1, -0.05) is 58.2 Å². The second kappa shape index (κ2) is 9.19. The van der Waals surface area contributed by atoms with E-state index in [0.717, 1.165) is 25.1 Å². The summed E-state index contributed by atoms with van der Waals surface area (Å²) in [7, 11) is 0. The van der Waals surface area contributed by atoms with Crippen LogP contribution in [-0.2, 0) is 0 Å². The lowest BCUT2D eigenvalue weighted by molar-refractivity contribution is 0.181. The van der Waals surface area contributed by atoms with E-state index in [9.17, 15) is 0 Å². The molecule has 2 rings (SSSR count). The molecule has 0 amide bonds. The maximum atomic E-state index is 6.35. The first kappa shape index (κ1) is 17.3. The zero-order valence-corrected chi connectivity index (χ0v) is 14.6. The Morgan fingerprint density at radius 1 is 1.09 bits per heavy atom. The molecule has 0 aliphatic heterocycles. The summed E-state index contributed by atoms with van der Waals surface area (Å²) in [5.74, 6) is 1.63. The minimum absolute atomic E-state index is 0.270. The average molecular weight is 303 g/mol. The van der Waals surface area contributed by atoms with Gasteiger partial charge in [0.15, 0.2) is 0 Å². The molecular weight excluding hydrogens is 270 g/mol. The Bertz CT molecular complexity index is 425. The summed E-state index contributed by atoms with van der Waals surface area (Å²) in [6.07, 6.45) is 9.31. The van der Waals surface area contributed by atoms with Gasteiger partial charge in [0.25, 0.3) is 0 Å². The molecule has 1 aromatic rings. The number of rotatable bonds is 8. The summed E-state index contributed by atoms with van der Waals surface area (Å²) in [4.78, 5) is 0. The molecule has 0 spiro atoms. The Labute approximate surface area is 136 Å². The quantitative estimate of drug-likeness (QED) is 0.705.